The molecule has 2 bridgehead atoms. The van der Waals surface area contributed by atoms with Crippen LogP contribution < -0.4 is 4.74 Å². The number of para-hydroxylation sites is 1. The van der Waals surface area contributed by atoms with Gasteiger partial charge in [-0.2, -0.15) is 18.4 Å². The Morgan fingerprint density at radius 2 is 1.85 bits per heavy atom. The molecule has 0 radical (unpaired) electrons. The highest BCUT2D eigenvalue weighted by molar-refractivity contribution is 5.61. The first kappa shape index (κ1) is 21.2. The highest BCUT2D eigenvalue weighted by Crippen LogP contribution is 2.64. The van der Waals surface area contributed by atoms with Crippen molar-refractivity contribution in [1.29, 1.82) is 5.26 Å². The predicted octanol–water partition coefficient (Wildman–Crippen LogP) is 4.49. The number of hydrogen-bond acceptors (Lipinski definition) is 6. The van der Waals surface area contributed by atoms with Gasteiger partial charge in [0.1, 0.15) is 29.1 Å². The summed E-state index contributed by atoms with van der Waals surface area (Å²) >= 11 is 0. The van der Waals surface area contributed by atoms with Crippen molar-refractivity contribution < 1.29 is 32.9 Å². The van der Waals surface area contributed by atoms with Crippen molar-refractivity contribution in [2.45, 2.75) is 43.8 Å². The van der Waals surface area contributed by atoms with Gasteiger partial charge in [0, 0.05) is 6.42 Å². The Balaban J connectivity index is 1.64. The van der Waals surface area contributed by atoms with E-state index in [9.17, 15) is 23.4 Å². The van der Waals surface area contributed by atoms with E-state index in [-0.39, 0.29) is 16.8 Å². The van der Waals surface area contributed by atoms with Crippen LogP contribution in [0.5, 0.6) is 17.5 Å². The van der Waals surface area contributed by atoms with Crippen molar-refractivity contribution >= 4 is 0 Å². The highest BCUT2D eigenvalue weighted by Gasteiger charge is 2.65. The highest BCUT2D eigenvalue weighted by atomic mass is 19.4. The number of nitrogens with zero attached hydrogens (tertiary/aromatic N) is 3. The van der Waals surface area contributed by atoms with E-state index in [1.54, 1.807) is 26.0 Å². The Kier molecular flexibility index (Phi) is 4.26. The smallest absolute Gasteiger partial charge is 0.419 e. The Labute approximate surface area is 186 Å². The molecule has 1 saturated heterocycles. The normalized spacial score (nSPS) is 25.6. The van der Waals surface area contributed by atoms with Crippen molar-refractivity contribution in [3.8, 4) is 29.3 Å². The van der Waals surface area contributed by atoms with E-state index in [2.05, 4.69) is 4.98 Å². The zero-order valence-corrected chi connectivity index (χ0v) is 17.5. The lowest BCUT2D eigenvalue weighted by Crippen LogP contribution is -2.37. The van der Waals surface area contributed by atoms with Gasteiger partial charge in [-0.15, -0.1) is 0 Å². The molecule has 3 aromatic rings. The van der Waals surface area contributed by atoms with E-state index in [0.717, 1.165) is 10.8 Å². The lowest BCUT2D eigenvalue weighted by molar-refractivity contribution is -0.138. The second-order valence-corrected chi connectivity index (χ2v) is 8.50. The summed E-state index contributed by atoms with van der Waals surface area (Å²) in [6, 6.07) is 11.1. The van der Waals surface area contributed by atoms with Gasteiger partial charge in [-0.25, -0.2) is 9.55 Å². The summed E-state index contributed by atoms with van der Waals surface area (Å²) in [6.45, 7) is 3.44. The Morgan fingerprint density at radius 1 is 1.18 bits per heavy atom. The molecule has 170 valence electrons. The summed E-state index contributed by atoms with van der Waals surface area (Å²) in [7, 11) is 0. The van der Waals surface area contributed by atoms with E-state index in [1.807, 2.05) is 18.2 Å². The zero-order chi connectivity index (χ0) is 23.8. The van der Waals surface area contributed by atoms with Crippen LogP contribution in [-0.2, 0) is 22.1 Å². The molecule has 2 aliphatic heterocycles. The number of alkyl halides is 3. The standard InChI is InChI=1S/C23H18F3N3O4/c1-21-9-16(32-13-6-4-3-5-7-13)22(2,33-21)18-17(21)19(30)29(20(18)31)12-8-14(23(24,25)26)15(10-27)28-11-12/h3-8,11,16,30-31H,9H2,1-2H3/t16-,21+,22-/m1/s1. The number of benzene rings is 1. The first-order valence-electron chi connectivity index (χ1n) is 10.1. The SMILES string of the molecule is C[C@@]12O[C@@](C)(C[C@H]1Oc1ccccc1)c1c2c(O)n(-c2cnc(C#N)c(C(F)(F)F)c2)c1O. The molecule has 0 saturated carbocycles. The maximum atomic E-state index is 13.4. The van der Waals surface area contributed by atoms with Crippen molar-refractivity contribution in [3.05, 3.63) is 65.0 Å². The molecule has 10 heteroatoms. The summed E-state index contributed by atoms with van der Waals surface area (Å²) in [4.78, 5) is 3.58. The summed E-state index contributed by atoms with van der Waals surface area (Å²) in [5.74, 6) is -0.333. The molecule has 1 aromatic carbocycles. The zero-order valence-electron chi connectivity index (χ0n) is 17.5. The third-order valence-electron chi connectivity index (χ3n) is 6.34. The molecule has 0 unspecified atom stereocenters. The minimum Gasteiger partial charge on any atom is -0.494 e. The summed E-state index contributed by atoms with van der Waals surface area (Å²) in [5, 5.41) is 31.1. The second kappa shape index (κ2) is 6.65. The number of hydrogen-bond donors (Lipinski definition) is 2. The molecule has 7 nitrogen and oxygen atoms in total. The van der Waals surface area contributed by atoms with Crippen LogP contribution >= 0.6 is 0 Å². The molecule has 0 spiro atoms. The molecule has 3 atom stereocenters. The molecule has 2 aliphatic rings. The molecule has 0 aliphatic carbocycles. The molecular weight excluding hydrogens is 439 g/mol. The van der Waals surface area contributed by atoms with Crippen LogP contribution in [0.4, 0.5) is 13.2 Å². The minimum absolute atomic E-state index is 0.238. The van der Waals surface area contributed by atoms with Gasteiger partial charge >= 0.3 is 6.18 Å². The van der Waals surface area contributed by atoms with E-state index < -0.39 is 46.5 Å². The topological polar surface area (TPSA) is 101 Å². The van der Waals surface area contributed by atoms with Crippen LogP contribution in [0.15, 0.2) is 42.6 Å². The maximum Gasteiger partial charge on any atom is 0.419 e. The third-order valence-corrected chi connectivity index (χ3v) is 6.34. The fourth-order valence-corrected chi connectivity index (χ4v) is 4.95. The first-order valence-corrected chi connectivity index (χ1v) is 10.1. The number of aromatic hydroxyl groups is 2. The largest absolute Gasteiger partial charge is 0.494 e. The Bertz CT molecular complexity index is 1320. The van der Waals surface area contributed by atoms with Crippen molar-refractivity contribution in [3.63, 3.8) is 0 Å². The number of halogens is 3. The van der Waals surface area contributed by atoms with Gasteiger partial charge < -0.3 is 19.7 Å². The Morgan fingerprint density at radius 3 is 2.48 bits per heavy atom. The van der Waals surface area contributed by atoms with Crippen LogP contribution in [0.3, 0.4) is 0 Å². The summed E-state index contributed by atoms with van der Waals surface area (Å²) in [5.41, 5.74) is -3.98. The van der Waals surface area contributed by atoms with E-state index >= 15 is 0 Å². The van der Waals surface area contributed by atoms with Crippen LogP contribution in [-0.4, -0.2) is 25.9 Å². The van der Waals surface area contributed by atoms with Crippen molar-refractivity contribution in [1.82, 2.24) is 9.55 Å². The second-order valence-electron chi connectivity index (χ2n) is 8.50. The average Bonchev–Trinajstić information content (AvgIpc) is 3.28. The third kappa shape index (κ3) is 2.89. The average molecular weight is 457 g/mol. The van der Waals surface area contributed by atoms with Crippen LogP contribution in [0.25, 0.3) is 5.69 Å². The first-order chi connectivity index (χ1) is 15.5. The Hall–Kier alpha value is -3.71. The van der Waals surface area contributed by atoms with E-state index in [1.165, 1.54) is 6.07 Å². The van der Waals surface area contributed by atoms with Gasteiger partial charge in [-0.1, -0.05) is 18.2 Å². The number of aromatic nitrogens is 2. The number of rotatable bonds is 3. The van der Waals surface area contributed by atoms with E-state index in [4.69, 9.17) is 14.7 Å². The number of fused-ring (bicyclic) bond motifs is 5. The van der Waals surface area contributed by atoms with Crippen molar-refractivity contribution in [2.24, 2.45) is 0 Å². The quantitative estimate of drug-likeness (QED) is 0.601. The van der Waals surface area contributed by atoms with Gasteiger partial charge in [0.2, 0.25) is 11.8 Å². The number of ether oxygens (including phenoxy) is 2. The molecule has 2 aromatic heterocycles. The van der Waals surface area contributed by atoms with Gasteiger partial charge in [-0.3, -0.25) is 0 Å². The van der Waals surface area contributed by atoms with Gasteiger partial charge in [-0.05, 0) is 32.0 Å². The molecule has 2 N–H and O–H groups in total. The predicted molar refractivity (Wildman–Crippen MR) is 108 cm³/mol. The van der Waals surface area contributed by atoms with Gasteiger partial charge in [0.05, 0.1) is 28.6 Å². The number of pyridine rings is 1. The molecule has 4 heterocycles. The van der Waals surface area contributed by atoms with Crippen LogP contribution in [0.2, 0.25) is 0 Å². The lowest BCUT2D eigenvalue weighted by atomic mass is 9.78. The molecular formula is C23H18F3N3O4. The molecule has 1 fully saturated rings. The van der Waals surface area contributed by atoms with E-state index in [0.29, 0.717) is 18.2 Å². The van der Waals surface area contributed by atoms with Crippen LogP contribution in [0.1, 0.15) is 42.7 Å². The lowest BCUT2D eigenvalue weighted by Gasteiger charge is -2.30. The van der Waals surface area contributed by atoms with Gasteiger partial charge in [0.15, 0.2) is 5.69 Å². The van der Waals surface area contributed by atoms with Gasteiger partial charge in [0.25, 0.3) is 0 Å². The van der Waals surface area contributed by atoms with Crippen molar-refractivity contribution in [2.75, 3.05) is 0 Å². The summed E-state index contributed by atoms with van der Waals surface area (Å²) in [6.07, 6.45) is -4.03. The molecule has 0 amide bonds. The minimum atomic E-state index is -4.84. The molecule has 5 rings (SSSR count). The monoisotopic (exact) mass is 457 g/mol. The summed E-state index contributed by atoms with van der Waals surface area (Å²) < 4.78 is 53.6. The maximum absolute atomic E-state index is 13.4. The fourth-order valence-electron chi connectivity index (χ4n) is 4.95. The van der Waals surface area contributed by atoms with Crippen LogP contribution in [0, 0.1) is 11.3 Å². The fraction of sp³-hybridized carbons (Fsp3) is 0.304. The number of nitriles is 1. The molecule has 33 heavy (non-hydrogen) atoms.